The smallest absolute Gasteiger partial charge is 0.214 e. The summed E-state index contributed by atoms with van der Waals surface area (Å²) in [5.74, 6) is 0. The van der Waals surface area contributed by atoms with Gasteiger partial charge in [0.05, 0.1) is 4.05 Å². The largest absolute Gasteiger partial charge is 0.288 e. The Morgan fingerprint density at radius 3 is 2.57 bits per heavy atom. The molecule has 3 atom stereocenters. The van der Waals surface area contributed by atoms with Gasteiger partial charge in [-0.2, -0.15) is 0 Å². The quantitative estimate of drug-likeness (QED) is 0.475. The minimum Gasteiger partial charge on any atom is -0.288 e. The van der Waals surface area contributed by atoms with Crippen molar-refractivity contribution in [3.8, 4) is 0 Å². The van der Waals surface area contributed by atoms with Gasteiger partial charge in [0.25, 0.3) is 0 Å². The maximum Gasteiger partial charge on any atom is 0.214 e. The van der Waals surface area contributed by atoms with Crippen molar-refractivity contribution in [3.63, 3.8) is 0 Å². The molecule has 6 heteroatoms. The molecule has 3 unspecified atom stereocenters. The number of hydrogen-bond acceptors (Lipinski definition) is 3. The molecule has 0 spiro atoms. The van der Waals surface area contributed by atoms with Crippen LogP contribution in [0.5, 0.6) is 0 Å². The molecule has 1 aliphatic heterocycles. The molecular weight excluding hydrogens is 315 g/mol. The molecule has 4 nitrogen and oxygen atoms in total. The van der Waals surface area contributed by atoms with Crippen LogP contribution in [0.15, 0.2) is 0 Å². The van der Waals surface area contributed by atoms with Crippen molar-refractivity contribution in [1.29, 1.82) is 0 Å². The van der Waals surface area contributed by atoms with E-state index in [1.165, 1.54) is 0 Å². The van der Waals surface area contributed by atoms with Gasteiger partial charge >= 0.3 is 0 Å². The number of halogens is 1. The normalized spacial score (nSPS) is 32.0. The maximum absolute atomic E-state index is 11.2. The number of alkyl halides is 1. The lowest BCUT2D eigenvalue weighted by Crippen LogP contribution is -2.40. The van der Waals surface area contributed by atoms with Gasteiger partial charge in [-0.25, -0.2) is 13.6 Å². The van der Waals surface area contributed by atoms with Gasteiger partial charge in [-0.1, -0.05) is 29.5 Å². The van der Waals surface area contributed by atoms with Crippen LogP contribution in [0.3, 0.4) is 0 Å². The lowest BCUT2D eigenvalue weighted by atomic mass is 10.2. The number of rotatable bonds is 3. The number of hydrogen-bond donors (Lipinski definition) is 1. The van der Waals surface area contributed by atoms with Gasteiger partial charge < -0.3 is 0 Å². The van der Waals surface area contributed by atoms with Crippen molar-refractivity contribution in [2.24, 2.45) is 5.14 Å². The molecule has 0 aromatic heterocycles. The summed E-state index contributed by atoms with van der Waals surface area (Å²) in [4.78, 5) is 2.22. The number of likely N-dealkylation sites (tertiary alicyclic amines) is 1. The summed E-state index contributed by atoms with van der Waals surface area (Å²) < 4.78 is 22.5. The molecule has 2 N–H and O–H groups in total. The summed E-state index contributed by atoms with van der Waals surface area (Å²) >= 11 is 2.19. The van der Waals surface area contributed by atoms with E-state index in [0.717, 1.165) is 13.0 Å². The van der Waals surface area contributed by atoms with E-state index >= 15 is 0 Å². The van der Waals surface area contributed by atoms with Crippen LogP contribution in [0, 0.1) is 0 Å². The molecule has 0 amide bonds. The van der Waals surface area contributed by atoms with Gasteiger partial charge in [-0.05, 0) is 19.8 Å². The van der Waals surface area contributed by atoms with Crippen LogP contribution in [0.4, 0.5) is 0 Å². The first kappa shape index (κ1) is 12.7. The van der Waals surface area contributed by atoms with E-state index in [9.17, 15) is 8.42 Å². The predicted octanol–water partition coefficient (Wildman–Crippen LogP) is 0.909. The monoisotopic (exact) mass is 332 g/mol. The van der Waals surface area contributed by atoms with Gasteiger partial charge in [-0.3, -0.25) is 4.90 Å². The second-order valence-electron chi connectivity index (χ2n) is 3.78. The van der Waals surface area contributed by atoms with Crippen LogP contribution in [0.2, 0.25) is 0 Å². The van der Waals surface area contributed by atoms with Crippen molar-refractivity contribution in [3.05, 3.63) is 0 Å². The highest BCUT2D eigenvalue weighted by Crippen LogP contribution is 2.30. The van der Waals surface area contributed by atoms with Gasteiger partial charge in [-0.15, -0.1) is 0 Å². The van der Waals surface area contributed by atoms with Crippen LogP contribution >= 0.6 is 22.6 Å². The third-order valence-electron chi connectivity index (χ3n) is 2.87. The molecule has 1 fully saturated rings. The first-order valence-electron chi connectivity index (χ1n) is 4.79. The predicted molar refractivity (Wildman–Crippen MR) is 65.8 cm³/mol. The van der Waals surface area contributed by atoms with E-state index in [4.69, 9.17) is 5.14 Å². The van der Waals surface area contributed by atoms with Crippen LogP contribution in [-0.2, 0) is 10.0 Å². The van der Waals surface area contributed by atoms with Crippen LogP contribution < -0.4 is 5.14 Å². The lowest BCUT2D eigenvalue weighted by molar-refractivity contribution is 0.244. The zero-order valence-electron chi connectivity index (χ0n) is 8.48. The number of nitrogens with two attached hydrogens (primary N) is 1. The van der Waals surface area contributed by atoms with E-state index in [1.54, 1.807) is 0 Å². The minimum absolute atomic E-state index is 0.0255. The molecule has 14 heavy (non-hydrogen) atoms. The number of sulfonamides is 1. The molecule has 0 radical (unpaired) electrons. The van der Waals surface area contributed by atoms with Crippen molar-refractivity contribution in [2.45, 2.75) is 42.0 Å². The second kappa shape index (κ2) is 4.63. The highest BCUT2D eigenvalue weighted by molar-refractivity contribution is 14.1. The molecule has 0 bridgehead atoms. The first-order chi connectivity index (χ1) is 6.38. The number of nitrogens with zero attached hydrogens (tertiary/aromatic N) is 1. The van der Waals surface area contributed by atoms with Crippen LogP contribution in [0.1, 0.15) is 26.7 Å². The molecular formula is C8H17IN2O2S. The third kappa shape index (κ3) is 2.59. The zero-order valence-corrected chi connectivity index (χ0v) is 11.5. The highest BCUT2D eigenvalue weighted by atomic mass is 127. The SMILES string of the molecule is CCC(C)N1CCC(S(N)(=O)=O)C1I. The lowest BCUT2D eigenvalue weighted by Gasteiger charge is -2.27. The topological polar surface area (TPSA) is 63.4 Å². The number of primary sulfonamides is 1. The van der Waals surface area contributed by atoms with E-state index in [2.05, 4.69) is 41.3 Å². The van der Waals surface area contributed by atoms with E-state index in [-0.39, 0.29) is 4.05 Å². The fourth-order valence-electron chi connectivity index (χ4n) is 1.77. The van der Waals surface area contributed by atoms with Crippen LogP contribution in [-0.4, -0.2) is 35.2 Å². The molecule has 1 rings (SSSR count). The Labute approximate surface area is 99.4 Å². The van der Waals surface area contributed by atoms with Crippen molar-refractivity contribution in [1.82, 2.24) is 4.90 Å². The zero-order chi connectivity index (χ0) is 10.9. The fourth-order valence-corrected chi connectivity index (χ4v) is 5.09. The molecule has 1 saturated heterocycles. The van der Waals surface area contributed by atoms with Crippen molar-refractivity contribution >= 4 is 32.6 Å². The summed E-state index contributed by atoms with van der Waals surface area (Å²) in [5, 5.41) is 4.78. The standard InChI is InChI=1S/C8H17IN2O2S/c1-3-6(2)11-5-4-7(8(11)9)14(10,12)13/h6-8H,3-5H2,1-2H3,(H2,10,12,13). The van der Waals surface area contributed by atoms with Gasteiger partial charge in [0.2, 0.25) is 10.0 Å². The maximum atomic E-state index is 11.2. The molecule has 0 saturated carbocycles. The summed E-state index contributed by atoms with van der Waals surface area (Å²) in [5.41, 5.74) is 0. The first-order valence-corrected chi connectivity index (χ1v) is 7.64. The Hall–Kier alpha value is 0.600. The minimum atomic E-state index is -3.38. The van der Waals surface area contributed by atoms with Gasteiger partial charge in [0.1, 0.15) is 5.25 Å². The third-order valence-corrected chi connectivity index (χ3v) is 6.28. The summed E-state index contributed by atoms with van der Waals surface area (Å²) in [7, 11) is -3.38. The van der Waals surface area contributed by atoms with Crippen LogP contribution in [0.25, 0.3) is 0 Å². The average molecular weight is 332 g/mol. The molecule has 1 heterocycles. The second-order valence-corrected chi connectivity index (χ2v) is 6.84. The summed E-state index contributed by atoms with van der Waals surface area (Å²) in [6, 6.07) is 0.434. The van der Waals surface area contributed by atoms with E-state index < -0.39 is 15.3 Å². The Balaban J connectivity index is 2.74. The van der Waals surface area contributed by atoms with Gasteiger partial charge in [0.15, 0.2) is 0 Å². The van der Waals surface area contributed by atoms with Crippen molar-refractivity contribution in [2.75, 3.05) is 6.54 Å². The molecule has 0 aliphatic carbocycles. The molecule has 0 aromatic carbocycles. The van der Waals surface area contributed by atoms with Crippen molar-refractivity contribution < 1.29 is 8.42 Å². The Morgan fingerprint density at radius 2 is 2.21 bits per heavy atom. The average Bonchev–Trinajstić information content (AvgIpc) is 2.45. The van der Waals surface area contributed by atoms with E-state index in [0.29, 0.717) is 12.5 Å². The molecule has 0 aromatic rings. The Bertz CT molecular complexity index is 294. The van der Waals surface area contributed by atoms with Gasteiger partial charge in [0, 0.05) is 12.6 Å². The molecule has 1 aliphatic rings. The highest BCUT2D eigenvalue weighted by Gasteiger charge is 2.40. The summed E-state index contributed by atoms with van der Waals surface area (Å²) in [6.45, 7) is 5.07. The Morgan fingerprint density at radius 1 is 1.64 bits per heavy atom. The van der Waals surface area contributed by atoms with E-state index in [1.807, 2.05) is 0 Å². The summed E-state index contributed by atoms with van der Waals surface area (Å²) in [6.07, 6.45) is 1.70. The molecule has 84 valence electrons. The fraction of sp³-hybridized carbons (Fsp3) is 1.00. The Kier molecular flexibility index (Phi) is 4.19.